The summed E-state index contributed by atoms with van der Waals surface area (Å²) in [6.45, 7) is 2.00. The van der Waals surface area contributed by atoms with Crippen LogP contribution in [0.25, 0.3) is 0 Å². The van der Waals surface area contributed by atoms with Crippen molar-refractivity contribution in [1.82, 2.24) is 9.97 Å². The van der Waals surface area contributed by atoms with Crippen LogP contribution in [-0.4, -0.2) is 9.97 Å². The number of nitrogens with one attached hydrogen (secondary N) is 1. The molecule has 4 heteroatoms. The molecule has 1 aromatic carbocycles. The maximum Gasteiger partial charge on any atom is 0.251 e. The molecule has 2 rings (SSSR count). The van der Waals surface area contributed by atoms with Gasteiger partial charge in [-0.3, -0.25) is 4.79 Å². The summed E-state index contributed by atoms with van der Waals surface area (Å²) in [6.07, 6.45) is 0.785. The number of aryl methyl sites for hydroxylation is 1. The van der Waals surface area contributed by atoms with Gasteiger partial charge in [-0.25, -0.2) is 4.98 Å². The van der Waals surface area contributed by atoms with E-state index in [9.17, 15) is 4.79 Å². The highest BCUT2D eigenvalue weighted by Crippen LogP contribution is 2.20. The van der Waals surface area contributed by atoms with Gasteiger partial charge in [0, 0.05) is 16.7 Å². The molecule has 0 aliphatic carbocycles. The molecule has 1 heterocycles. The average molecular weight is 246 g/mol. The zero-order valence-electron chi connectivity index (χ0n) is 9.64. The Morgan fingerprint density at radius 2 is 2.06 bits per heavy atom. The monoisotopic (exact) mass is 246 g/mol. The van der Waals surface area contributed by atoms with Crippen molar-refractivity contribution < 1.29 is 0 Å². The zero-order valence-corrected chi connectivity index (χ0v) is 10.5. The lowest BCUT2D eigenvalue weighted by Gasteiger charge is -2.02. The van der Waals surface area contributed by atoms with Gasteiger partial charge in [0.1, 0.15) is 5.82 Å². The van der Waals surface area contributed by atoms with Crippen molar-refractivity contribution in [2.45, 2.75) is 24.0 Å². The van der Waals surface area contributed by atoms with Crippen molar-refractivity contribution in [3.63, 3.8) is 0 Å². The van der Waals surface area contributed by atoms with Crippen molar-refractivity contribution in [1.29, 1.82) is 0 Å². The Balaban J connectivity index is 2.09. The second-order valence-electron chi connectivity index (χ2n) is 3.64. The van der Waals surface area contributed by atoms with Gasteiger partial charge in [-0.1, -0.05) is 25.1 Å². The van der Waals surface area contributed by atoms with E-state index in [1.54, 1.807) is 17.8 Å². The number of benzene rings is 1. The first-order valence-corrected chi connectivity index (χ1v) is 6.53. The number of H-pyrrole nitrogens is 1. The Labute approximate surface area is 104 Å². The molecule has 0 bridgehead atoms. The maximum absolute atomic E-state index is 11.4. The Hall–Kier alpha value is -1.55. The summed E-state index contributed by atoms with van der Waals surface area (Å²) in [4.78, 5) is 19.7. The Bertz CT molecular complexity index is 537. The van der Waals surface area contributed by atoms with Gasteiger partial charge < -0.3 is 4.98 Å². The summed E-state index contributed by atoms with van der Waals surface area (Å²) in [7, 11) is 0. The summed E-state index contributed by atoms with van der Waals surface area (Å²) < 4.78 is 0. The summed E-state index contributed by atoms with van der Waals surface area (Å²) in [5, 5.41) is 0. The van der Waals surface area contributed by atoms with Crippen LogP contribution in [0.2, 0.25) is 0 Å². The Morgan fingerprint density at radius 3 is 2.76 bits per heavy atom. The van der Waals surface area contributed by atoms with Crippen molar-refractivity contribution in [2.24, 2.45) is 0 Å². The minimum absolute atomic E-state index is 0.0690. The van der Waals surface area contributed by atoms with Gasteiger partial charge in [-0.2, -0.15) is 0 Å². The van der Waals surface area contributed by atoms with Gasteiger partial charge in [0.15, 0.2) is 0 Å². The fourth-order valence-corrected chi connectivity index (χ4v) is 2.27. The lowest BCUT2D eigenvalue weighted by atomic mass is 10.3. The van der Waals surface area contributed by atoms with Crippen molar-refractivity contribution in [3.8, 4) is 0 Å². The lowest BCUT2D eigenvalue weighted by Crippen LogP contribution is -2.11. The molecule has 0 saturated carbocycles. The van der Waals surface area contributed by atoms with E-state index in [-0.39, 0.29) is 5.56 Å². The van der Waals surface area contributed by atoms with Crippen LogP contribution < -0.4 is 5.56 Å². The third-order valence-electron chi connectivity index (χ3n) is 2.32. The molecule has 0 spiro atoms. The van der Waals surface area contributed by atoms with Crippen LogP contribution in [0.4, 0.5) is 0 Å². The Kier molecular flexibility index (Phi) is 3.98. The van der Waals surface area contributed by atoms with Gasteiger partial charge in [0.25, 0.3) is 5.56 Å². The highest BCUT2D eigenvalue weighted by atomic mass is 32.2. The van der Waals surface area contributed by atoms with E-state index in [2.05, 4.69) is 9.97 Å². The highest BCUT2D eigenvalue weighted by Gasteiger charge is 2.01. The van der Waals surface area contributed by atoms with E-state index in [1.807, 2.05) is 37.3 Å². The molecule has 0 amide bonds. The molecule has 17 heavy (non-hydrogen) atoms. The van der Waals surface area contributed by atoms with Gasteiger partial charge in [0.05, 0.1) is 5.75 Å². The molecule has 0 fully saturated rings. The first kappa shape index (κ1) is 11.9. The largest absolute Gasteiger partial charge is 0.310 e. The standard InChI is InChI=1S/C13H14N2OS/c1-2-10-8-13(16)15-12(14-10)9-17-11-6-4-3-5-7-11/h3-8H,2,9H2,1H3,(H,14,15,16). The topological polar surface area (TPSA) is 45.8 Å². The first-order chi connectivity index (χ1) is 8.28. The second-order valence-corrected chi connectivity index (χ2v) is 4.69. The third kappa shape index (κ3) is 3.46. The molecule has 3 nitrogen and oxygen atoms in total. The zero-order chi connectivity index (χ0) is 12.1. The molecule has 1 aromatic heterocycles. The Morgan fingerprint density at radius 1 is 1.29 bits per heavy atom. The van der Waals surface area contributed by atoms with Crippen molar-refractivity contribution in [3.05, 3.63) is 58.3 Å². The number of rotatable bonds is 4. The summed E-state index contributed by atoms with van der Waals surface area (Å²) in [5.41, 5.74) is 0.776. The number of aromatic amines is 1. The number of hydrogen-bond acceptors (Lipinski definition) is 3. The molecule has 0 unspecified atom stereocenters. The predicted molar refractivity (Wildman–Crippen MR) is 70.2 cm³/mol. The van der Waals surface area contributed by atoms with E-state index < -0.39 is 0 Å². The third-order valence-corrected chi connectivity index (χ3v) is 3.35. The number of aromatic nitrogens is 2. The summed E-state index contributed by atoms with van der Waals surface area (Å²) in [6, 6.07) is 11.6. The molecule has 0 atom stereocenters. The van der Waals surface area contributed by atoms with E-state index >= 15 is 0 Å². The number of thioether (sulfide) groups is 1. The van der Waals surface area contributed by atoms with Crippen LogP contribution in [0.1, 0.15) is 18.4 Å². The van der Waals surface area contributed by atoms with Crippen LogP contribution in [0.5, 0.6) is 0 Å². The highest BCUT2D eigenvalue weighted by molar-refractivity contribution is 7.98. The van der Waals surface area contributed by atoms with Crippen molar-refractivity contribution in [2.75, 3.05) is 0 Å². The summed E-state index contributed by atoms with van der Waals surface area (Å²) in [5.74, 6) is 1.43. The maximum atomic E-state index is 11.4. The van der Waals surface area contributed by atoms with Crippen LogP contribution >= 0.6 is 11.8 Å². The number of nitrogens with zero attached hydrogens (tertiary/aromatic N) is 1. The fourth-order valence-electron chi connectivity index (χ4n) is 1.48. The van der Waals surface area contributed by atoms with Gasteiger partial charge in [0.2, 0.25) is 0 Å². The van der Waals surface area contributed by atoms with E-state index in [0.717, 1.165) is 17.9 Å². The quantitative estimate of drug-likeness (QED) is 0.843. The smallest absolute Gasteiger partial charge is 0.251 e. The predicted octanol–water partition coefficient (Wildman–Crippen LogP) is 2.62. The van der Waals surface area contributed by atoms with Gasteiger partial charge in [-0.05, 0) is 18.6 Å². The number of hydrogen-bond donors (Lipinski definition) is 1. The molecular weight excluding hydrogens is 232 g/mol. The van der Waals surface area contributed by atoms with Crippen LogP contribution in [0.15, 0.2) is 46.1 Å². The fraction of sp³-hybridized carbons (Fsp3) is 0.231. The molecule has 1 N–H and O–H groups in total. The molecule has 88 valence electrons. The first-order valence-electron chi connectivity index (χ1n) is 5.55. The molecule has 0 radical (unpaired) electrons. The normalized spacial score (nSPS) is 10.4. The second kappa shape index (κ2) is 5.68. The average Bonchev–Trinajstić information content (AvgIpc) is 2.37. The SMILES string of the molecule is CCc1cc(=O)[nH]c(CSc2ccccc2)n1. The van der Waals surface area contributed by atoms with Crippen LogP contribution in [0, 0.1) is 0 Å². The lowest BCUT2D eigenvalue weighted by molar-refractivity contribution is 0.920. The van der Waals surface area contributed by atoms with E-state index in [4.69, 9.17) is 0 Å². The molecule has 0 aliphatic heterocycles. The van der Waals surface area contributed by atoms with Gasteiger partial charge in [-0.15, -0.1) is 11.8 Å². The van der Waals surface area contributed by atoms with E-state index in [1.165, 1.54) is 4.90 Å². The molecule has 0 saturated heterocycles. The molecule has 0 aliphatic rings. The van der Waals surface area contributed by atoms with Crippen LogP contribution in [0.3, 0.4) is 0 Å². The summed E-state index contributed by atoms with van der Waals surface area (Å²) >= 11 is 1.67. The molecule has 2 aromatic rings. The molecular formula is C13H14N2OS. The van der Waals surface area contributed by atoms with Gasteiger partial charge >= 0.3 is 0 Å². The minimum atomic E-state index is -0.0690. The van der Waals surface area contributed by atoms with Crippen LogP contribution in [-0.2, 0) is 12.2 Å². The minimum Gasteiger partial charge on any atom is -0.310 e. The van der Waals surface area contributed by atoms with Crippen molar-refractivity contribution >= 4 is 11.8 Å². The van der Waals surface area contributed by atoms with E-state index in [0.29, 0.717) is 5.75 Å².